The molecule has 3 aromatic rings. The molecule has 0 fully saturated rings. The van der Waals surface area contributed by atoms with Gasteiger partial charge in [-0.3, -0.25) is 5.43 Å². The zero-order chi connectivity index (χ0) is 14.7. The fraction of sp³-hybridized carbons (Fsp3) is 0.125. The highest BCUT2D eigenvalue weighted by molar-refractivity contribution is 7.14. The van der Waals surface area contributed by atoms with Crippen molar-refractivity contribution >= 4 is 34.0 Å². The van der Waals surface area contributed by atoms with Crippen molar-refractivity contribution in [1.29, 1.82) is 0 Å². The summed E-state index contributed by atoms with van der Waals surface area (Å²) in [6.45, 7) is 4.24. The van der Waals surface area contributed by atoms with Crippen molar-refractivity contribution in [3.8, 4) is 11.3 Å². The van der Waals surface area contributed by atoms with Crippen LogP contribution < -0.4 is 5.43 Å². The third-order valence-corrected chi connectivity index (χ3v) is 4.76. The molecule has 0 bridgehead atoms. The highest BCUT2D eigenvalue weighted by Gasteiger charge is 2.05. The van der Waals surface area contributed by atoms with Crippen molar-refractivity contribution in [2.75, 3.05) is 5.43 Å². The molecule has 0 aliphatic heterocycles. The van der Waals surface area contributed by atoms with E-state index in [1.807, 2.05) is 29.1 Å². The van der Waals surface area contributed by atoms with Crippen molar-refractivity contribution in [3.05, 3.63) is 57.1 Å². The van der Waals surface area contributed by atoms with Crippen LogP contribution in [0, 0.1) is 13.8 Å². The number of nitrogens with zero attached hydrogens (tertiary/aromatic N) is 2. The van der Waals surface area contributed by atoms with Crippen molar-refractivity contribution in [2.24, 2.45) is 5.10 Å². The molecule has 5 heteroatoms. The van der Waals surface area contributed by atoms with Gasteiger partial charge in [0.05, 0.1) is 11.9 Å². The molecule has 2 heterocycles. The second-order valence-corrected chi connectivity index (χ2v) is 6.56. The Labute approximate surface area is 132 Å². The summed E-state index contributed by atoms with van der Waals surface area (Å²) in [7, 11) is 0. The van der Waals surface area contributed by atoms with Crippen LogP contribution >= 0.6 is 22.7 Å². The van der Waals surface area contributed by atoms with E-state index in [0.29, 0.717) is 0 Å². The van der Waals surface area contributed by atoms with Crippen molar-refractivity contribution < 1.29 is 0 Å². The second kappa shape index (κ2) is 6.20. The quantitative estimate of drug-likeness (QED) is 0.547. The fourth-order valence-corrected chi connectivity index (χ4v) is 3.13. The van der Waals surface area contributed by atoms with Crippen LogP contribution in [0.3, 0.4) is 0 Å². The lowest BCUT2D eigenvalue weighted by Crippen LogP contribution is -1.89. The summed E-state index contributed by atoms with van der Waals surface area (Å²) in [5.74, 6) is 0. The number of hydrogen-bond acceptors (Lipinski definition) is 5. The molecular formula is C16H15N3S2. The van der Waals surface area contributed by atoms with Gasteiger partial charge in [-0.25, -0.2) is 4.98 Å². The highest BCUT2D eigenvalue weighted by atomic mass is 32.1. The molecule has 0 radical (unpaired) electrons. The zero-order valence-corrected chi connectivity index (χ0v) is 13.5. The minimum absolute atomic E-state index is 0.802. The van der Waals surface area contributed by atoms with Gasteiger partial charge < -0.3 is 0 Å². The van der Waals surface area contributed by atoms with Crippen LogP contribution in [0.5, 0.6) is 0 Å². The summed E-state index contributed by atoms with van der Waals surface area (Å²) < 4.78 is 0. The van der Waals surface area contributed by atoms with E-state index in [0.717, 1.165) is 21.3 Å². The molecule has 0 atom stereocenters. The number of benzene rings is 1. The van der Waals surface area contributed by atoms with Crippen LogP contribution in [0.4, 0.5) is 5.13 Å². The van der Waals surface area contributed by atoms with Crippen LogP contribution in [0.25, 0.3) is 11.3 Å². The number of aromatic nitrogens is 1. The molecule has 1 N–H and O–H groups in total. The molecule has 0 amide bonds. The number of thiophene rings is 1. The lowest BCUT2D eigenvalue weighted by Gasteiger charge is -2.02. The highest BCUT2D eigenvalue weighted by Crippen LogP contribution is 2.26. The van der Waals surface area contributed by atoms with Gasteiger partial charge in [0.25, 0.3) is 0 Å². The van der Waals surface area contributed by atoms with Gasteiger partial charge in [-0.2, -0.15) is 5.10 Å². The lowest BCUT2D eigenvalue weighted by molar-refractivity contribution is 1.28. The smallest absolute Gasteiger partial charge is 0.203 e. The first kappa shape index (κ1) is 14.0. The number of hydrogen-bond donors (Lipinski definition) is 1. The molecule has 0 aliphatic carbocycles. The largest absolute Gasteiger partial charge is 0.253 e. The normalized spacial score (nSPS) is 11.1. The minimum atomic E-state index is 0.802. The Bertz CT molecular complexity index is 758. The van der Waals surface area contributed by atoms with Gasteiger partial charge in [0.15, 0.2) is 0 Å². The van der Waals surface area contributed by atoms with E-state index in [1.54, 1.807) is 22.7 Å². The third-order valence-electron chi connectivity index (χ3n) is 3.20. The Morgan fingerprint density at radius 3 is 2.81 bits per heavy atom. The maximum atomic E-state index is 4.57. The fourth-order valence-electron chi connectivity index (χ4n) is 1.87. The van der Waals surface area contributed by atoms with Gasteiger partial charge in [-0.1, -0.05) is 18.2 Å². The molecule has 0 aliphatic rings. The van der Waals surface area contributed by atoms with Gasteiger partial charge in [0, 0.05) is 15.8 Å². The zero-order valence-electron chi connectivity index (χ0n) is 11.8. The van der Waals surface area contributed by atoms with E-state index in [9.17, 15) is 0 Å². The molecule has 0 spiro atoms. The number of aryl methyl sites for hydroxylation is 2. The summed E-state index contributed by atoms with van der Waals surface area (Å²) in [5.41, 5.74) is 7.69. The average molecular weight is 313 g/mol. The number of thiazole rings is 1. The molecule has 21 heavy (non-hydrogen) atoms. The standard InChI is InChI=1S/C16H15N3S2/c1-11-5-6-13(8-12(11)2)15-10-21-16(18-15)19-17-9-14-4-3-7-20-14/h3-10H,1-2H3,(H,18,19)/b17-9-. The molecule has 0 saturated carbocycles. The Balaban J connectivity index is 1.72. The van der Waals surface area contributed by atoms with Gasteiger partial charge in [-0.15, -0.1) is 22.7 Å². The van der Waals surface area contributed by atoms with E-state index < -0.39 is 0 Å². The van der Waals surface area contributed by atoms with E-state index in [4.69, 9.17) is 0 Å². The van der Waals surface area contributed by atoms with Crippen LogP contribution in [0.1, 0.15) is 16.0 Å². The summed E-state index contributed by atoms with van der Waals surface area (Å²) >= 11 is 3.22. The summed E-state index contributed by atoms with van der Waals surface area (Å²) in [4.78, 5) is 5.69. The first-order chi connectivity index (χ1) is 10.2. The Hall–Kier alpha value is -1.98. The van der Waals surface area contributed by atoms with Gasteiger partial charge >= 0.3 is 0 Å². The predicted octanol–water partition coefficient (Wildman–Crippen LogP) is 4.93. The molecule has 2 aromatic heterocycles. The summed E-state index contributed by atoms with van der Waals surface area (Å²) in [6, 6.07) is 10.4. The first-order valence-corrected chi connectivity index (χ1v) is 8.34. The third kappa shape index (κ3) is 3.37. The van der Waals surface area contributed by atoms with Crippen LogP contribution in [0.15, 0.2) is 46.2 Å². The lowest BCUT2D eigenvalue weighted by atomic mass is 10.1. The molecule has 0 saturated heterocycles. The number of anilines is 1. The molecule has 3 rings (SSSR count). The minimum Gasteiger partial charge on any atom is -0.253 e. The average Bonchev–Trinajstić information content (AvgIpc) is 3.13. The SMILES string of the molecule is Cc1ccc(-c2csc(N/N=C\c3cccs3)n2)cc1C. The van der Waals surface area contributed by atoms with E-state index in [1.165, 1.54) is 11.1 Å². The van der Waals surface area contributed by atoms with Crippen LogP contribution in [-0.2, 0) is 0 Å². The first-order valence-electron chi connectivity index (χ1n) is 6.58. The Morgan fingerprint density at radius 2 is 2.05 bits per heavy atom. The Morgan fingerprint density at radius 1 is 1.14 bits per heavy atom. The van der Waals surface area contributed by atoms with Crippen molar-refractivity contribution in [3.63, 3.8) is 0 Å². The van der Waals surface area contributed by atoms with Crippen LogP contribution in [0.2, 0.25) is 0 Å². The second-order valence-electron chi connectivity index (χ2n) is 4.72. The summed E-state index contributed by atoms with van der Waals surface area (Å²) in [5, 5.41) is 9.09. The number of nitrogens with one attached hydrogen (secondary N) is 1. The van der Waals surface area contributed by atoms with Crippen LogP contribution in [-0.4, -0.2) is 11.2 Å². The predicted molar refractivity (Wildman–Crippen MR) is 92.6 cm³/mol. The van der Waals surface area contributed by atoms with Crippen molar-refractivity contribution in [1.82, 2.24) is 4.98 Å². The maximum absolute atomic E-state index is 4.57. The van der Waals surface area contributed by atoms with Gasteiger partial charge in [-0.05, 0) is 42.5 Å². The number of rotatable bonds is 4. The topological polar surface area (TPSA) is 37.3 Å². The Kier molecular flexibility index (Phi) is 4.13. The molecule has 3 nitrogen and oxygen atoms in total. The van der Waals surface area contributed by atoms with Gasteiger partial charge in [0.1, 0.15) is 0 Å². The molecule has 106 valence electrons. The van der Waals surface area contributed by atoms with Crippen molar-refractivity contribution in [2.45, 2.75) is 13.8 Å². The molecule has 0 unspecified atom stereocenters. The van der Waals surface area contributed by atoms with Gasteiger partial charge in [0.2, 0.25) is 5.13 Å². The molecule has 1 aromatic carbocycles. The van der Waals surface area contributed by atoms with E-state index >= 15 is 0 Å². The summed E-state index contributed by atoms with van der Waals surface area (Å²) in [6.07, 6.45) is 1.81. The maximum Gasteiger partial charge on any atom is 0.203 e. The number of hydrazone groups is 1. The molecular weight excluding hydrogens is 298 g/mol. The monoisotopic (exact) mass is 313 g/mol. The van der Waals surface area contributed by atoms with E-state index in [2.05, 4.69) is 47.6 Å². The van der Waals surface area contributed by atoms with E-state index in [-0.39, 0.29) is 0 Å².